The Morgan fingerprint density at radius 3 is 2.19 bits per heavy atom. The summed E-state index contributed by atoms with van der Waals surface area (Å²) < 4.78 is 5.87. The van der Waals surface area contributed by atoms with Crippen LogP contribution in [0.25, 0.3) is 0 Å². The quantitative estimate of drug-likeness (QED) is 0.551. The van der Waals surface area contributed by atoms with Crippen LogP contribution in [0.15, 0.2) is 0 Å². The molecule has 2 saturated heterocycles. The van der Waals surface area contributed by atoms with Gasteiger partial charge in [-0.3, -0.25) is 26.5 Å². The first-order valence-corrected chi connectivity index (χ1v) is 8.39. The van der Waals surface area contributed by atoms with Gasteiger partial charge >= 0.3 is 5.97 Å². The Kier molecular flexibility index (Phi) is 3.45. The van der Waals surface area contributed by atoms with Gasteiger partial charge in [-0.15, -0.1) is 0 Å². The fraction of sp³-hybridized carbons (Fsp3) is 0.933. The molecule has 6 heteroatoms. The molecule has 4 unspecified atom stereocenters. The molecule has 2 heterocycles. The van der Waals surface area contributed by atoms with Crippen molar-refractivity contribution in [2.45, 2.75) is 68.5 Å². The van der Waals surface area contributed by atoms with Crippen molar-refractivity contribution >= 4 is 5.97 Å². The van der Waals surface area contributed by atoms with E-state index in [0.717, 1.165) is 51.6 Å². The van der Waals surface area contributed by atoms with Crippen molar-refractivity contribution in [1.29, 1.82) is 0 Å². The number of hydrazine groups is 2. The molecule has 0 bridgehead atoms. The van der Waals surface area contributed by atoms with Crippen LogP contribution in [0.1, 0.15) is 51.4 Å². The monoisotopic (exact) mass is 294 g/mol. The van der Waals surface area contributed by atoms with Crippen LogP contribution >= 0.6 is 0 Å². The van der Waals surface area contributed by atoms with Gasteiger partial charge in [0.15, 0.2) is 0 Å². The van der Waals surface area contributed by atoms with Crippen molar-refractivity contribution in [1.82, 2.24) is 21.7 Å². The van der Waals surface area contributed by atoms with Gasteiger partial charge in [-0.2, -0.15) is 0 Å². The molecular weight excluding hydrogens is 268 g/mol. The maximum absolute atomic E-state index is 12.5. The molecule has 0 aromatic heterocycles. The van der Waals surface area contributed by atoms with Crippen LogP contribution in [0.3, 0.4) is 0 Å². The molecular formula is C15H26N4O2. The topological polar surface area (TPSA) is 74.4 Å². The van der Waals surface area contributed by atoms with E-state index >= 15 is 0 Å². The highest BCUT2D eigenvalue weighted by molar-refractivity contribution is 5.73. The van der Waals surface area contributed by atoms with Gasteiger partial charge in [-0.1, -0.05) is 6.42 Å². The van der Waals surface area contributed by atoms with Crippen LogP contribution in [0, 0.1) is 5.92 Å². The van der Waals surface area contributed by atoms with Gasteiger partial charge < -0.3 is 4.74 Å². The van der Waals surface area contributed by atoms with E-state index in [1.165, 1.54) is 12.8 Å². The van der Waals surface area contributed by atoms with Gasteiger partial charge in [-0.25, -0.2) is 0 Å². The summed E-state index contributed by atoms with van der Waals surface area (Å²) in [6.07, 6.45) is 8.63. The third-order valence-corrected chi connectivity index (χ3v) is 5.82. The van der Waals surface area contributed by atoms with E-state index < -0.39 is 0 Å². The first-order chi connectivity index (χ1) is 10.2. The van der Waals surface area contributed by atoms with Crippen molar-refractivity contribution in [2.24, 2.45) is 5.92 Å². The molecule has 2 aliphatic carbocycles. The standard InChI is InChI=1S/C15H26N4O2/c20-13(11-3-1-5-14(7-11)9-16-18-14)21-12-4-2-6-15(8-12)10-17-19-15/h11-12,16-19H,1-10H2. The number of esters is 1. The fourth-order valence-electron chi connectivity index (χ4n) is 4.46. The molecule has 118 valence electrons. The Bertz CT molecular complexity index is 420. The molecule has 4 rings (SSSR count). The lowest BCUT2D eigenvalue weighted by atomic mass is 9.74. The van der Waals surface area contributed by atoms with Crippen LogP contribution in [0.2, 0.25) is 0 Å². The number of rotatable bonds is 2. The Morgan fingerprint density at radius 2 is 1.57 bits per heavy atom. The Hall–Kier alpha value is -0.690. The van der Waals surface area contributed by atoms with Crippen LogP contribution in [0.4, 0.5) is 0 Å². The van der Waals surface area contributed by atoms with E-state index in [4.69, 9.17) is 4.74 Å². The van der Waals surface area contributed by atoms with E-state index in [-0.39, 0.29) is 29.1 Å². The minimum atomic E-state index is 0.0390. The minimum Gasteiger partial charge on any atom is -0.462 e. The maximum Gasteiger partial charge on any atom is 0.309 e. The molecule has 0 aromatic carbocycles. The zero-order chi connectivity index (χ0) is 14.3. The zero-order valence-electron chi connectivity index (χ0n) is 12.5. The summed E-state index contributed by atoms with van der Waals surface area (Å²) in [7, 11) is 0. The highest BCUT2D eigenvalue weighted by Crippen LogP contribution is 2.37. The second-order valence-electron chi connectivity index (χ2n) is 7.47. The predicted octanol–water partition coefficient (Wildman–Crippen LogP) is 0.356. The highest BCUT2D eigenvalue weighted by atomic mass is 16.5. The zero-order valence-corrected chi connectivity index (χ0v) is 12.5. The number of ether oxygens (including phenoxy) is 1. The van der Waals surface area contributed by atoms with E-state index in [9.17, 15) is 4.79 Å². The average Bonchev–Trinajstić information content (AvgIpc) is 2.44. The van der Waals surface area contributed by atoms with Gasteiger partial charge in [0.05, 0.1) is 5.92 Å². The second-order valence-corrected chi connectivity index (χ2v) is 7.47. The van der Waals surface area contributed by atoms with Gasteiger partial charge in [0.25, 0.3) is 0 Å². The lowest BCUT2D eigenvalue weighted by Gasteiger charge is -2.49. The van der Waals surface area contributed by atoms with E-state index in [2.05, 4.69) is 21.7 Å². The van der Waals surface area contributed by atoms with E-state index in [0.29, 0.717) is 0 Å². The van der Waals surface area contributed by atoms with Crippen LogP contribution in [-0.2, 0) is 9.53 Å². The summed E-state index contributed by atoms with van der Waals surface area (Å²) >= 11 is 0. The van der Waals surface area contributed by atoms with E-state index in [1.54, 1.807) is 0 Å². The lowest BCUT2D eigenvalue weighted by molar-refractivity contribution is -0.160. The molecule has 4 fully saturated rings. The summed E-state index contributed by atoms with van der Waals surface area (Å²) in [6, 6.07) is 0. The van der Waals surface area contributed by atoms with Crippen molar-refractivity contribution in [3.63, 3.8) is 0 Å². The number of hydrogen-bond acceptors (Lipinski definition) is 6. The molecule has 21 heavy (non-hydrogen) atoms. The molecule has 4 N–H and O–H groups in total. The Balaban J connectivity index is 1.32. The summed E-state index contributed by atoms with van der Waals surface area (Å²) in [4.78, 5) is 12.5. The molecule has 2 saturated carbocycles. The van der Waals surface area contributed by atoms with Crippen molar-refractivity contribution in [3.05, 3.63) is 0 Å². The molecule has 2 aliphatic heterocycles. The molecule has 6 nitrogen and oxygen atoms in total. The number of carbonyl (C=O) groups is 1. The lowest BCUT2D eigenvalue weighted by Crippen LogP contribution is -2.72. The van der Waals surface area contributed by atoms with Crippen molar-refractivity contribution in [3.8, 4) is 0 Å². The van der Waals surface area contributed by atoms with Gasteiger partial charge in [0.1, 0.15) is 6.10 Å². The molecule has 2 spiro atoms. The third-order valence-electron chi connectivity index (χ3n) is 5.82. The highest BCUT2D eigenvalue weighted by Gasteiger charge is 2.45. The predicted molar refractivity (Wildman–Crippen MR) is 78.0 cm³/mol. The Labute approximate surface area is 125 Å². The van der Waals surface area contributed by atoms with Gasteiger partial charge in [-0.05, 0) is 38.5 Å². The first kappa shape index (κ1) is 13.9. The molecule has 4 aliphatic rings. The first-order valence-electron chi connectivity index (χ1n) is 8.39. The summed E-state index contributed by atoms with van der Waals surface area (Å²) in [5.74, 6) is 0.121. The second kappa shape index (κ2) is 5.19. The average molecular weight is 294 g/mol. The van der Waals surface area contributed by atoms with E-state index in [1.807, 2.05) is 0 Å². The Morgan fingerprint density at radius 1 is 0.952 bits per heavy atom. The van der Waals surface area contributed by atoms with Crippen LogP contribution in [0.5, 0.6) is 0 Å². The normalized spacial score (nSPS) is 45.9. The van der Waals surface area contributed by atoms with Gasteiger partial charge in [0, 0.05) is 30.6 Å². The number of hydrogen-bond donors (Lipinski definition) is 4. The van der Waals surface area contributed by atoms with Crippen molar-refractivity contribution in [2.75, 3.05) is 13.1 Å². The number of carbonyl (C=O) groups excluding carboxylic acids is 1. The molecule has 0 radical (unpaired) electrons. The van der Waals surface area contributed by atoms with Gasteiger partial charge in [0.2, 0.25) is 0 Å². The molecule has 0 amide bonds. The minimum absolute atomic E-state index is 0.0390. The van der Waals surface area contributed by atoms with Crippen molar-refractivity contribution < 1.29 is 9.53 Å². The SMILES string of the molecule is O=C(OC1CCCC2(CNN2)C1)C1CCCC2(CNN2)C1. The maximum atomic E-state index is 12.5. The summed E-state index contributed by atoms with van der Waals surface area (Å²) in [5, 5.41) is 0. The summed E-state index contributed by atoms with van der Waals surface area (Å²) in [6.45, 7) is 1.99. The summed E-state index contributed by atoms with van der Waals surface area (Å²) in [5.41, 5.74) is 13.2. The fourth-order valence-corrected chi connectivity index (χ4v) is 4.46. The van der Waals surface area contributed by atoms with Crippen LogP contribution in [-0.4, -0.2) is 36.2 Å². The largest absolute Gasteiger partial charge is 0.462 e. The third kappa shape index (κ3) is 2.59. The molecule has 4 atom stereocenters. The smallest absolute Gasteiger partial charge is 0.309 e. The number of nitrogens with one attached hydrogen (secondary N) is 4. The van der Waals surface area contributed by atoms with Crippen LogP contribution < -0.4 is 21.7 Å². The molecule has 0 aromatic rings.